The second-order valence-electron chi connectivity index (χ2n) is 6.55. The van der Waals surface area contributed by atoms with Crippen LogP contribution in [0.2, 0.25) is 0 Å². The standard InChI is InChI=1S/C15H25N3O2/c16-13(19)9-18(10-5-7-17-8-6-10)15(20)14-11-3-1-2-4-12(11)14/h10-12,14,17H,1-9H2,(H2,16,19). The number of nitrogens with zero attached hydrogens (tertiary/aromatic N) is 1. The van der Waals surface area contributed by atoms with Gasteiger partial charge in [-0.2, -0.15) is 0 Å². The number of carbonyl (C=O) groups is 2. The lowest BCUT2D eigenvalue weighted by Gasteiger charge is -2.34. The fourth-order valence-electron chi connectivity index (χ4n) is 4.22. The lowest BCUT2D eigenvalue weighted by molar-refractivity contribution is -0.139. The maximum atomic E-state index is 12.8. The number of hydrogen-bond acceptors (Lipinski definition) is 3. The number of rotatable bonds is 4. The smallest absolute Gasteiger partial charge is 0.237 e. The van der Waals surface area contributed by atoms with Crippen LogP contribution >= 0.6 is 0 Å². The summed E-state index contributed by atoms with van der Waals surface area (Å²) in [5, 5.41) is 3.30. The van der Waals surface area contributed by atoms with Crippen LogP contribution in [0, 0.1) is 17.8 Å². The van der Waals surface area contributed by atoms with Gasteiger partial charge in [0.05, 0.1) is 6.54 Å². The van der Waals surface area contributed by atoms with E-state index >= 15 is 0 Å². The highest BCUT2D eigenvalue weighted by Crippen LogP contribution is 2.56. The lowest BCUT2D eigenvalue weighted by atomic mass is 10.0. The third kappa shape index (κ3) is 2.68. The molecule has 1 heterocycles. The predicted molar refractivity (Wildman–Crippen MR) is 75.7 cm³/mol. The molecule has 3 N–H and O–H groups in total. The first-order valence-electron chi connectivity index (χ1n) is 7.98. The van der Waals surface area contributed by atoms with E-state index in [0.29, 0.717) is 11.8 Å². The van der Waals surface area contributed by atoms with Gasteiger partial charge in [-0.3, -0.25) is 9.59 Å². The number of amides is 2. The number of piperidine rings is 1. The first-order valence-corrected chi connectivity index (χ1v) is 7.98. The zero-order valence-electron chi connectivity index (χ0n) is 12.0. The summed E-state index contributed by atoms with van der Waals surface area (Å²) < 4.78 is 0. The topological polar surface area (TPSA) is 75.4 Å². The Labute approximate surface area is 120 Å². The zero-order valence-corrected chi connectivity index (χ0v) is 12.0. The number of hydrogen-bond donors (Lipinski definition) is 2. The molecule has 0 radical (unpaired) electrons. The number of nitrogens with two attached hydrogens (primary N) is 1. The summed E-state index contributed by atoms with van der Waals surface area (Å²) >= 11 is 0. The summed E-state index contributed by atoms with van der Waals surface area (Å²) in [6.45, 7) is 1.94. The van der Waals surface area contributed by atoms with Crippen molar-refractivity contribution < 1.29 is 9.59 Å². The molecule has 1 aliphatic heterocycles. The van der Waals surface area contributed by atoms with Gasteiger partial charge in [0.15, 0.2) is 0 Å². The second kappa shape index (κ2) is 5.72. The van der Waals surface area contributed by atoms with Gasteiger partial charge in [0.25, 0.3) is 0 Å². The SMILES string of the molecule is NC(=O)CN(C(=O)C1C2CCCCC21)C1CCNCC1. The Kier molecular flexibility index (Phi) is 3.96. The van der Waals surface area contributed by atoms with Gasteiger partial charge >= 0.3 is 0 Å². The Hall–Kier alpha value is -1.10. The van der Waals surface area contributed by atoms with Crippen molar-refractivity contribution in [2.45, 2.75) is 44.6 Å². The van der Waals surface area contributed by atoms with Crippen molar-refractivity contribution in [1.29, 1.82) is 0 Å². The minimum absolute atomic E-state index is 0.0967. The van der Waals surface area contributed by atoms with Crippen molar-refractivity contribution in [2.24, 2.45) is 23.5 Å². The highest BCUT2D eigenvalue weighted by atomic mass is 16.2. The average Bonchev–Trinajstić information content (AvgIpc) is 3.19. The molecule has 112 valence electrons. The Morgan fingerprint density at radius 2 is 1.65 bits per heavy atom. The molecule has 0 spiro atoms. The van der Waals surface area contributed by atoms with Crippen LogP contribution in [-0.2, 0) is 9.59 Å². The van der Waals surface area contributed by atoms with Crippen LogP contribution in [0.5, 0.6) is 0 Å². The molecule has 5 heteroatoms. The summed E-state index contributed by atoms with van der Waals surface area (Å²) in [6.07, 6.45) is 6.76. The molecule has 1 saturated heterocycles. The number of primary amides is 1. The normalized spacial score (nSPS) is 33.3. The Morgan fingerprint density at radius 1 is 1.05 bits per heavy atom. The van der Waals surface area contributed by atoms with Gasteiger partial charge in [0, 0.05) is 12.0 Å². The van der Waals surface area contributed by atoms with Gasteiger partial charge in [0.1, 0.15) is 0 Å². The van der Waals surface area contributed by atoms with Gasteiger partial charge in [-0.05, 0) is 50.6 Å². The van der Waals surface area contributed by atoms with E-state index in [1.807, 2.05) is 0 Å². The van der Waals surface area contributed by atoms with E-state index < -0.39 is 0 Å². The van der Waals surface area contributed by atoms with Gasteiger partial charge < -0.3 is 16.0 Å². The van der Waals surface area contributed by atoms with E-state index in [4.69, 9.17) is 5.73 Å². The lowest BCUT2D eigenvalue weighted by Crippen LogP contribution is -2.50. The average molecular weight is 279 g/mol. The number of nitrogens with one attached hydrogen (secondary N) is 1. The summed E-state index contributed by atoms with van der Waals surface area (Å²) in [5.41, 5.74) is 5.36. The van der Waals surface area contributed by atoms with Crippen LogP contribution in [0.15, 0.2) is 0 Å². The van der Waals surface area contributed by atoms with Gasteiger partial charge in [0.2, 0.25) is 11.8 Å². The monoisotopic (exact) mass is 279 g/mol. The van der Waals surface area contributed by atoms with Crippen LogP contribution in [-0.4, -0.2) is 42.4 Å². The molecular formula is C15H25N3O2. The van der Waals surface area contributed by atoms with Crippen LogP contribution in [0.25, 0.3) is 0 Å². The molecule has 2 saturated carbocycles. The summed E-state index contributed by atoms with van der Waals surface area (Å²) in [7, 11) is 0. The van der Waals surface area contributed by atoms with Crippen molar-refractivity contribution in [3.05, 3.63) is 0 Å². The minimum atomic E-state index is -0.388. The largest absolute Gasteiger partial charge is 0.368 e. The Balaban J connectivity index is 1.68. The van der Waals surface area contributed by atoms with Gasteiger partial charge in [-0.15, -0.1) is 0 Å². The third-order valence-corrected chi connectivity index (χ3v) is 5.30. The molecule has 2 aliphatic carbocycles. The quantitative estimate of drug-likeness (QED) is 0.786. The minimum Gasteiger partial charge on any atom is -0.368 e. The fraction of sp³-hybridized carbons (Fsp3) is 0.867. The first kappa shape index (κ1) is 13.9. The van der Waals surface area contributed by atoms with E-state index in [1.165, 1.54) is 25.7 Å². The van der Waals surface area contributed by atoms with Crippen molar-refractivity contribution in [3.8, 4) is 0 Å². The first-order chi connectivity index (χ1) is 9.68. The van der Waals surface area contributed by atoms with Crippen molar-refractivity contribution in [3.63, 3.8) is 0 Å². The van der Waals surface area contributed by atoms with E-state index in [9.17, 15) is 9.59 Å². The zero-order chi connectivity index (χ0) is 14.1. The molecule has 20 heavy (non-hydrogen) atoms. The van der Waals surface area contributed by atoms with Crippen molar-refractivity contribution >= 4 is 11.8 Å². The van der Waals surface area contributed by atoms with Crippen molar-refractivity contribution in [2.75, 3.05) is 19.6 Å². The van der Waals surface area contributed by atoms with Gasteiger partial charge in [-0.1, -0.05) is 12.8 Å². The second-order valence-corrected chi connectivity index (χ2v) is 6.55. The molecule has 5 nitrogen and oxygen atoms in total. The highest BCUT2D eigenvalue weighted by Gasteiger charge is 2.56. The molecule has 2 atom stereocenters. The third-order valence-electron chi connectivity index (χ3n) is 5.30. The molecule has 0 bridgehead atoms. The van der Waals surface area contributed by atoms with E-state index in [0.717, 1.165) is 25.9 Å². The molecule has 3 aliphatic rings. The number of fused-ring (bicyclic) bond motifs is 1. The molecule has 0 aromatic heterocycles. The summed E-state index contributed by atoms with van der Waals surface area (Å²) in [5.74, 6) is 1.18. The van der Waals surface area contributed by atoms with Crippen molar-refractivity contribution in [1.82, 2.24) is 10.2 Å². The Bertz CT molecular complexity index is 381. The van der Waals surface area contributed by atoms with Crippen LogP contribution in [0.4, 0.5) is 0 Å². The molecule has 0 aromatic carbocycles. The molecule has 3 rings (SSSR count). The summed E-state index contributed by atoms with van der Waals surface area (Å²) in [4.78, 5) is 25.9. The fourth-order valence-corrected chi connectivity index (χ4v) is 4.22. The molecule has 3 fully saturated rings. The molecule has 2 amide bonds. The van der Waals surface area contributed by atoms with E-state index in [1.54, 1.807) is 4.90 Å². The summed E-state index contributed by atoms with van der Waals surface area (Å²) in [6, 6.07) is 0.193. The van der Waals surface area contributed by atoms with E-state index in [2.05, 4.69) is 5.32 Å². The number of carbonyl (C=O) groups excluding carboxylic acids is 2. The van der Waals surface area contributed by atoms with Crippen LogP contribution in [0.3, 0.4) is 0 Å². The Morgan fingerprint density at radius 3 is 2.20 bits per heavy atom. The molecular weight excluding hydrogens is 254 g/mol. The predicted octanol–water partition coefficient (Wildman–Crippen LogP) is 0.488. The van der Waals surface area contributed by atoms with Crippen LogP contribution < -0.4 is 11.1 Å². The molecule has 2 unspecified atom stereocenters. The maximum absolute atomic E-state index is 12.8. The van der Waals surface area contributed by atoms with Gasteiger partial charge in [-0.25, -0.2) is 0 Å². The van der Waals surface area contributed by atoms with E-state index in [-0.39, 0.29) is 30.3 Å². The van der Waals surface area contributed by atoms with Crippen LogP contribution in [0.1, 0.15) is 38.5 Å². The molecule has 0 aromatic rings. The maximum Gasteiger partial charge on any atom is 0.237 e. The highest BCUT2D eigenvalue weighted by molar-refractivity contribution is 5.87.